The molecular weight excluding hydrogens is 363 g/mol. The second kappa shape index (κ2) is 7.36. The average Bonchev–Trinajstić information content (AvgIpc) is 3.09. The summed E-state index contributed by atoms with van der Waals surface area (Å²) in [7, 11) is 0. The van der Waals surface area contributed by atoms with Gasteiger partial charge in [0.1, 0.15) is 5.82 Å². The number of nitrogens with one attached hydrogen (secondary N) is 2. The number of hydrogen-bond acceptors (Lipinski definition) is 1. The molecule has 5 rings (SSSR count). The van der Waals surface area contributed by atoms with E-state index in [0.717, 1.165) is 42.1 Å². The standard InChI is InChI=1S/C25H23FN2O/c26-18-9-11-23-21(14-18)22-15-19(10-12-24(22)28-23)27-25(29)13-8-17-6-3-5-16-4-1-2-7-20(16)17/h1-7,9,11,14,19,28H,8,10,12-13,15H2,(H,27,29). The van der Waals surface area contributed by atoms with E-state index in [2.05, 4.69) is 34.6 Å². The van der Waals surface area contributed by atoms with Crippen LogP contribution in [0.15, 0.2) is 60.7 Å². The number of fused-ring (bicyclic) bond motifs is 4. The van der Waals surface area contributed by atoms with Gasteiger partial charge in [0.2, 0.25) is 5.91 Å². The van der Waals surface area contributed by atoms with Gasteiger partial charge >= 0.3 is 0 Å². The van der Waals surface area contributed by atoms with Gasteiger partial charge < -0.3 is 10.3 Å². The molecule has 1 aliphatic carbocycles. The first kappa shape index (κ1) is 17.9. The Kier molecular flexibility index (Phi) is 4.55. The summed E-state index contributed by atoms with van der Waals surface area (Å²) >= 11 is 0. The van der Waals surface area contributed by atoms with Gasteiger partial charge in [-0.05, 0) is 65.8 Å². The van der Waals surface area contributed by atoms with Crippen LogP contribution in [0.4, 0.5) is 4.39 Å². The van der Waals surface area contributed by atoms with Crippen molar-refractivity contribution in [3.8, 4) is 0 Å². The monoisotopic (exact) mass is 386 g/mol. The zero-order chi connectivity index (χ0) is 19.8. The summed E-state index contributed by atoms with van der Waals surface area (Å²) < 4.78 is 13.7. The highest BCUT2D eigenvalue weighted by Crippen LogP contribution is 2.30. The molecule has 0 radical (unpaired) electrons. The fourth-order valence-electron chi connectivity index (χ4n) is 4.57. The van der Waals surface area contributed by atoms with Gasteiger partial charge in [-0.3, -0.25) is 4.79 Å². The van der Waals surface area contributed by atoms with Crippen molar-refractivity contribution in [3.63, 3.8) is 0 Å². The van der Waals surface area contributed by atoms with Gasteiger partial charge in [-0.25, -0.2) is 4.39 Å². The molecule has 4 aromatic rings. The maximum Gasteiger partial charge on any atom is 0.220 e. The van der Waals surface area contributed by atoms with Crippen molar-refractivity contribution in [1.82, 2.24) is 10.3 Å². The van der Waals surface area contributed by atoms with Gasteiger partial charge in [-0.2, -0.15) is 0 Å². The minimum Gasteiger partial charge on any atom is -0.358 e. The second-order valence-electron chi connectivity index (χ2n) is 7.92. The van der Waals surface area contributed by atoms with Crippen molar-refractivity contribution in [2.75, 3.05) is 0 Å². The molecule has 0 saturated heterocycles. The van der Waals surface area contributed by atoms with Gasteiger partial charge in [-0.1, -0.05) is 42.5 Å². The molecule has 1 amide bonds. The van der Waals surface area contributed by atoms with E-state index in [9.17, 15) is 9.18 Å². The molecule has 1 aliphatic rings. The Morgan fingerprint density at radius 2 is 1.93 bits per heavy atom. The van der Waals surface area contributed by atoms with E-state index in [1.54, 1.807) is 12.1 Å². The summed E-state index contributed by atoms with van der Waals surface area (Å²) in [5, 5.41) is 6.56. The summed E-state index contributed by atoms with van der Waals surface area (Å²) in [4.78, 5) is 16.0. The van der Waals surface area contributed by atoms with Gasteiger partial charge in [0.15, 0.2) is 0 Å². The van der Waals surface area contributed by atoms with E-state index in [0.29, 0.717) is 6.42 Å². The number of aryl methyl sites for hydroxylation is 2. The predicted octanol–water partition coefficient (Wildman–Crippen LogP) is 5.07. The summed E-state index contributed by atoms with van der Waals surface area (Å²) in [6, 6.07) is 19.5. The number of aromatic amines is 1. The van der Waals surface area contributed by atoms with Crippen molar-refractivity contribution in [3.05, 3.63) is 83.3 Å². The lowest BCUT2D eigenvalue weighted by Gasteiger charge is -2.23. The number of amides is 1. The molecule has 0 saturated carbocycles. The number of H-pyrrole nitrogens is 1. The lowest BCUT2D eigenvalue weighted by molar-refractivity contribution is -0.121. The minimum atomic E-state index is -0.222. The van der Waals surface area contributed by atoms with Crippen molar-refractivity contribution < 1.29 is 9.18 Å². The third-order valence-electron chi connectivity index (χ3n) is 6.02. The summed E-state index contributed by atoms with van der Waals surface area (Å²) in [5.41, 5.74) is 4.49. The van der Waals surface area contributed by atoms with Crippen LogP contribution in [0.3, 0.4) is 0 Å². The first-order valence-corrected chi connectivity index (χ1v) is 10.2. The third-order valence-corrected chi connectivity index (χ3v) is 6.02. The topological polar surface area (TPSA) is 44.9 Å². The maximum atomic E-state index is 13.7. The van der Waals surface area contributed by atoms with Gasteiger partial charge in [-0.15, -0.1) is 0 Å². The highest BCUT2D eigenvalue weighted by atomic mass is 19.1. The molecule has 0 aliphatic heterocycles. The number of benzene rings is 3. The fraction of sp³-hybridized carbons (Fsp3) is 0.240. The van der Waals surface area contributed by atoms with Crippen LogP contribution >= 0.6 is 0 Å². The molecular formula is C25H23FN2O. The Balaban J connectivity index is 1.26. The van der Waals surface area contributed by atoms with Crippen molar-refractivity contribution in [2.24, 2.45) is 0 Å². The molecule has 1 atom stereocenters. The van der Waals surface area contributed by atoms with Crippen molar-refractivity contribution in [1.29, 1.82) is 0 Å². The van der Waals surface area contributed by atoms with Gasteiger partial charge in [0.05, 0.1) is 0 Å². The van der Waals surface area contributed by atoms with E-state index in [-0.39, 0.29) is 17.8 Å². The van der Waals surface area contributed by atoms with Crippen LogP contribution in [0, 0.1) is 5.82 Å². The number of aromatic nitrogens is 1. The van der Waals surface area contributed by atoms with E-state index in [4.69, 9.17) is 0 Å². The first-order valence-electron chi connectivity index (χ1n) is 10.2. The molecule has 29 heavy (non-hydrogen) atoms. The lowest BCUT2D eigenvalue weighted by atomic mass is 9.91. The Morgan fingerprint density at radius 3 is 2.86 bits per heavy atom. The SMILES string of the molecule is O=C(CCc1cccc2ccccc12)NC1CCc2[nH]c3ccc(F)cc3c2C1. The smallest absolute Gasteiger partial charge is 0.220 e. The Labute approximate surface area is 168 Å². The molecule has 3 aromatic carbocycles. The third kappa shape index (κ3) is 3.51. The van der Waals surface area contributed by atoms with Crippen molar-refractivity contribution >= 4 is 27.6 Å². The van der Waals surface area contributed by atoms with Crippen LogP contribution in [0.1, 0.15) is 29.7 Å². The molecule has 0 bridgehead atoms. The molecule has 2 N–H and O–H groups in total. The molecule has 1 aromatic heterocycles. The maximum absolute atomic E-state index is 13.7. The molecule has 3 nitrogen and oxygen atoms in total. The molecule has 1 heterocycles. The van der Waals surface area contributed by atoms with Crippen LogP contribution in [0.2, 0.25) is 0 Å². The van der Waals surface area contributed by atoms with E-state index < -0.39 is 0 Å². The van der Waals surface area contributed by atoms with E-state index in [1.807, 2.05) is 18.2 Å². The van der Waals surface area contributed by atoms with Crippen LogP contribution in [0.25, 0.3) is 21.7 Å². The van der Waals surface area contributed by atoms with Crippen LogP contribution in [0.5, 0.6) is 0 Å². The largest absolute Gasteiger partial charge is 0.358 e. The summed E-state index contributed by atoms with van der Waals surface area (Å²) in [6.07, 6.45) is 3.73. The Bertz CT molecular complexity index is 1200. The van der Waals surface area contributed by atoms with E-state index >= 15 is 0 Å². The van der Waals surface area contributed by atoms with Gasteiger partial charge in [0.25, 0.3) is 0 Å². The number of hydrogen-bond donors (Lipinski definition) is 2. The van der Waals surface area contributed by atoms with Crippen LogP contribution in [-0.2, 0) is 24.1 Å². The molecule has 146 valence electrons. The highest BCUT2D eigenvalue weighted by molar-refractivity contribution is 5.87. The Morgan fingerprint density at radius 1 is 1.07 bits per heavy atom. The molecule has 0 spiro atoms. The molecule has 4 heteroatoms. The molecule has 1 unspecified atom stereocenters. The number of carbonyl (C=O) groups is 1. The molecule has 0 fully saturated rings. The zero-order valence-corrected chi connectivity index (χ0v) is 16.2. The highest BCUT2D eigenvalue weighted by Gasteiger charge is 2.23. The Hall–Kier alpha value is -3.14. The lowest BCUT2D eigenvalue weighted by Crippen LogP contribution is -2.38. The summed E-state index contributed by atoms with van der Waals surface area (Å²) in [5.74, 6) is -0.141. The first-order chi connectivity index (χ1) is 14.2. The number of rotatable bonds is 4. The zero-order valence-electron chi connectivity index (χ0n) is 16.2. The average molecular weight is 386 g/mol. The second-order valence-corrected chi connectivity index (χ2v) is 7.92. The summed E-state index contributed by atoms with van der Waals surface area (Å²) in [6.45, 7) is 0. The van der Waals surface area contributed by atoms with Gasteiger partial charge in [0, 0.05) is 29.1 Å². The number of carbonyl (C=O) groups excluding carboxylic acids is 1. The minimum absolute atomic E-state index is 0.0809. The quantitative estimate of drug-likeness (QED) is 0.506. The van der Waals surface area contributed by atoms with E-state index in [1.165, 1.54) is 28.1 Å². The predicted molar refractivity (Wildman–Crippen MR) is 114 cm³/mol. The normalized spacial score (nSPS) is 16.1. The van der Waals surface area contributed by atoms with Crippen LogP contribution in [-0.4, -0.2) is 16.9 Å². The number of halogens is 1. The van der Waals surface area contributed by atoms with Crippen LogP contribution < -0.4 is 5.32 Å². The fourth-order valence-corrected chi connectivity index (χ4v) is 4.57. The van der Waals surface area contributed by atoms with Crippen molar-refractivity contribution in [2.45, 2.75) is 38.1 Å².